The van der Waals surface area contributed by atoms with Crippen molar-refractivity contribution in [3.63, 3.8) is 0 Å². The summed E-state index contributed by atoms with van der Waals surface area (Å²) in [5, 5.41) is 12.1. The van der Waals surface area contributed by atoms with Crippen LogP contribution in [0.4, 0.5) is 5.69 Å². The average molecular weight is 253 g/mol. The molecule has 3 rings (SSSR count). The predicted molar refractivity (Wildman–Crippen MR) is 71.3 cm³/mol. The lowest BCUT2D eigenvalue weighted by molar-refractivity contribution is 0.102. The van der Waals surface area contributed by atoms with Crippen LogP contribution in [0.3, 0.4) is 0 Å². The van der Waals surface area contributed by atoms with E-state index in [1.54, 1.807) is 53.3 Å². The number of benzene rings is 1. The van der Waals surface area contributed by atoms with Crippen molar-refractivity contribution in [2.24, 2.45) is 0 Å². The molecule has 0 bridgehead atoms. The maximum atomic E-state index is 12.1. The highest BCUT2D eigenvalue weighted by Gasteiger charge is 2.07. The molecule has 5 nitrogen and oxygen atoms in total. The molecule has 0 saturated heterocycles. The Bertz CT molecular complexity index is 749. The number of carbonyl (C=O) groups is 1. The number of hydrogen-bond acceptors (Lipinski definition) is 3. The quantitative estimate of drug-likeness (QED) is 0.736. The average Bonchev–Trinajstić information content (AvgIpc) is 2.85. The van der Waals surface area contributed by atoms with Gasteiger partial charge in [0.1, 0.15) is 11.4 Å². The number of rotatable bonds is 2. The zero-order chi connectivity index (χ0) is 13.2. The molecule has 5 heteroatoms. The molecule has 3 aromatic rings. The van der Waals surface area contributed by atoms with E-state index < -0.39 is 0 Å². The maximum absolute atomic E-state index is 12.1. The maximum Gasteiger partial charge on any atom is 0.257 e. The number of phenols is 1. The van der Waals surface area contributed by atoms with Crippen LogP contribution in [0.5, 0.6) is 5.75 Å². The second-order valence-corrected chi connectivity index (χ2v) is 4.11. The SMILES string of the molecule is O=C(Nc1cccc(O)c1)c1ccc2nccn2c1. The summed E-state index contributed by atoms with van der Waals surface area (Å²) < 4.78 is 1.78. The van der Waals surface area contributed by atoms with Crippen molar-refractivity contribution in [1.29, 1.82) is 0 Å². The summed E-state index contributed by atoms with van der Waals surface area (Å²) in [6, 6.07) is 9.91. The first kappa shape index (κ1) is 11.3. The summed E-state index contributed by atoms with van der Waals surface area (Å²) in [5.74, 6) is -0.121. The number of carbonyl (C=O) groups excluding carboxylic acids is 1. The van der Waals surface area contributed by atoms with Crippen LogP contribution in [0.15, 0.2) is 55.0 Å². The van der Waals surface area contributed by atoms with Crippen LogP contribution in [0, 0.1) is 0 Å². The van der Waals surface area contributed by atoms with Gasteiger partial charge in [0.2, 0.25) is 0 Å². The van der Waals surface area contributed by atoms with Gasteiger partial charge < -0.3 is 14.8 Å². The van der Waals surface area contributed by atoms with Crippen molar-refractivity contribution in [3.8, 4) is 5.75 Å². The van der Waals surface area contributed by atoms with E-state index in [9.17, 15) is 9.90 Å². The van der Waals surface area contributed by atoms with E-state index in [2.05, 4.69) is 10.3 Å². The number of phenolic OH excluding ortho intramolecular Hbond substituents is 1. The lowest BCUT2D eigenvalue weighted by atomic mass is 10.2. The monoisotopic (exact) mass is 253 g/mol. The second kappa shape index (κ2) is 4.45. The zero-order valence-electron chi connectivity index (χ0n) is 9.95. The molecule has 0 aliphatic rings. The van der Waals surface area contributed by atoms with Gasteiger partial charge in [-0.25, -0.2) is 4.98 Å². The van der Waals surface area contributed by atoms with E-state index in [1.165, 1.54) is 6.07 Å². The van der Waals surface area contributed by atoms with Crippen LogP contribution >= 0.6 is 0 Å². The van der Waals surface area contributed by atoms with E-state index >= 15 is 0 Å². The van der Waals surface area contributed by atoms with E-state index in [1.807, 2.05) is 0 Å². The van der Waals surface area contributed by atoms with Gasteiger partial charge in [0.25, 0.3) is 5.91 Å². The minimum absolute atomic E-state index is 0.114. The normalized spacial score (nSPS) is 10.5. The summed E-state index contributed by atoms with van der Waals surface area (Å²) >= 11 is 0. The van der Waals surface area contributed by atoms with Crippen molar-refractivity contribution in [2.75, 3.05) is 5.32 Å². The van der Waals surface area contributed by atoms with Crippen molar-refractivity contribution in [1.82, 2.24) is 9.38 Å². The van der Waals surface area contributed by atoms with E-state index in [-0.39, 0.29) is 11.7 Å². The third kappa shape index (κ3) is 2.26. The zero-order valence-corrected chi connectivity index (χ0v) is 9.95. The van der Waals surface area contributed by atoms with Crippen LogP contribution in [0.2, 0.25) is 0 Å². The fourth-order valence-electron chi connectivity index (χ4n) is 1.84. The molecule has 2 heterocycles. The van der Waals surface area contributed by atoms with E-state index in [0.29, 0.717) is 11.3 Å². The Morgan fingerprint density at radius 1 is 1.26 bits per heavy atom. The molecule has 0 saturated carbocycles. The molecule has 94 valence electrons. The van der Waals surface area contributed by atoms with Crippen molar-refractivity contribution < 1.29 is 9.90 Å². The first-order chi connectivity index (χ1) is 9.22. The third-order valence-corrected chi connectivity index (χ3v) is 2.75. The van der Waals surface area contributed by atoms with E-state index in [0.717, 1.165) is 5.65 Å². The van der Waals surface area contributed by atoms with Crippen molar-refractivity contribution >= 4 is 17.2 Å². The first-order valence-corrected chi connectivity index (χ1v) is 5.75. The predicted octanol–water partition coefficient (Wildman–Crippen LogP) is 2.29. The highest BCUT2D eigenvalue weighted by atomic mass is 16.3. The number of aromatic nitrogens is 2. The lowest BCUT2D eigenvalue weighted by Gasteiger charge is -2.06. The molecule has 1 amide bonds. The standard InChI is InChI=1S/C14H11N3O2/c18-12-3-1-2-11(8-12)16-14(19)10-4-5-13-15-6-7-17(13)9-10/h1-9,18H,(H,16,19). The van der Waals surface area contributed by atoms with Crippen molar-refractivity contribution in [3.05, 3.63) is 60.6 Å². The van der Waals surface area contributed by atoms with Crippen LogP contribution in [0.25, 0.3) is 5.65 Å². The Hall–Kier alpha value is -2.82. The molecule has 2 aromatic heterocycles. The molecular weight excluding hydrogens is 242 g/mol. The van der Waals surface area contributed by atoms with Gasteiger partial charge >= 0.3 is 0 Å². The van der Waals surface area contributed by atoms with E-state index in [4.69, 9.17) is 0 Å². The highest BCUT2D eigenvalue weighted by molar-refractivity contribution is 6.04. The summed E-state index contributed by atoms with van der Waals surface area (Å²) in [6.45, 7) is 0. The largest absolute Gasteiger partial charge is 0.508 e. The molecule has 0 aliphatic carbocycles. The van der Waals surface area contributed by atoms with Crippen LogP contribution in [-0.4, -0.2) is 20.4 Å². The Labute approximate surface area is 109 Å². The molecule has 0 aliphatic heterocycles. The fraction of sp³-hybridized carbons (Fsp3) is 0. The van der Waals surface area contributed by atoms with Gasteiger partial charge in [-0.3, -0.25) is 4.79 Å². The molecule has 1 aromatic carbocycles. The molecule has 0 unspecified atom stereocenters. The second-order valence-electron chi connectivity index (χ2n) is 4.11. The number of amides is 1. The molecular formula is C14H11N3O2. The summed E-state index contributed by atoms with van der Waals surface area (Å²) in [4.78, 5) is 16.2. The third-order valence-electron chi connectivity index (χ3n) is 2.75. The molecule has 0 fully saturated rings. The minimum Gasteiger partial charge on any atom is -0.508 e. The lowest BCUT2D eigenvalue weighted by Crippen LogP contribution is -2.12. The van der Waals surface area contributed by atoms with Crippen LogP contribution in [0.1, 0.15) is 10.4 Å². The van der Waals surface area contributed by atoms with Gasteiger partial charge in [0.05, 0.1) is 5.56 Å². The summed E-state index contributed by atoms with van der Waals surface area (Å²) in [7, 11) is 0. The Morgan fingerprint density at radius 3 is 3.00 bits per heavy atom. The van der Waals surface area contributed by atoms with Crippen LogP contribution in [-0.2, 0) is 0 Å². The molecule has 19 heavy (non-hydrogen) atoms. The van der Waals surface area contributed by atoms with Gasteiger partial charge in [0, 0.05) is 30.3 Å². The van der Waals surface area contributed by atoms with Gasteiger partial charge in [-0.2, -0.15) is 0 Å². The number of imidazole rings is 1. The summed E-state index contributed by atoms with van der Waals surface area (Å²) in [6.07, 6.45) is 5.16. The number of anilines is 1. The fourth-order valence-corrected chi connectivity index (χ4v) is 1.84. The molecule has 0 atom stereocenters. The number of hydrogen-bond donors (Lipinski definition) is 2. The van der Waals surface area contributed by atoms with Gasteiger partial charge in [0.15, 0.2) is 0 Å². The van der Waals surface area contributed by atoms with Gasteiger partial charge in [-0.1, -0.05) is 6.07 Å². The van der Waals surface area contributed by atoms with Crippen LogP contribution < -0.4 is 5.32 Å². The Kier molecular flexibility index (Phi) is 2.64. The molecule has 0 spiro atoms. The number of pyridine rings is 1. The Balaban J connectivity index is 1.87. The van der Waals surface area contributed by atoms with Gasteiger partial charge in [-0.15, -0.1) is 0 Å². The minimum atomic E-state index is -0.235. The highest BCUT2D eigenvalue weighted by Crippen LogP contribution is 2.16. The number of nitrogens with zero attached hydrogens (tertiary/aromatic N) is 2. The molecule has 2 N–H and O–H groups in total. The first-order valence-electron chi connectivity index (χ1n) is 5.75. The Morgan fingerprint density at radius 2 is 2.16 bits per heavy atom. The van der Waals surface area contributed by atoms with Crippen molar-refractivity contribution in [2.45, 2.75) is 0 Å². The number of fused-ring (bicyclic) bond motifs is 1. The molecule has 0 radical (unpaired) electrons. The number of aromatic hydroxyl groups is 1. The van der Waals surface area contributed by atoms with Gasteiger partial charge in [-0.05, 0) is 24.3 Å². The number of nitrogens with one attached hydrogen (secondary N) is 1. The smallest absolute Gasteiger partial charge is 0.257 e. The topological polar surface area (TPSA) is 66.6 Å². The summed E-state index contributed by atoms with van der Waals surface area (Å²) in [5.41, 5.74) is 1.86.